The number of nitrogens with one attached hydrogen (secondary N) is 2. The van der Waals surface area contributed by atoms with Crippen LogP contribution in [0.15, 0.2) is 95.7 Å². The lowest BCUT2D eigenvalue weighted by Crippen LogP contribution is -2.30. The molecule has 1 fully saturated rings. The van der Waals surface area contributed by atoms with Crippen LogP contribution in [-0.4, -0.2) is 29.3 Å². The van der Waals surface area contributed by atoms with Gasteiger partial charge in [-0.2, -0.15) is 0 Å². The van der Waals surface area contributed by atoms with Gasteiger partial charge in [0.1, 0.15) is 6.04 Å². The van der Waals surface area contributed by atoms with Crippen LogP contribution in [0, 0.1) is 0 Å². The Labute approximate surface area is 218 Å². The SMILES string of the molecule is CS(=O)(=O)Nc1ccc(N2C(=S)N[C@@H](c3ccccn3)[C@H]2c2cccn2-c2ccc(Br)cc2)cc1. The van der Waals surface area contributed by atoms with E-state index in [2.05, 4.69) is 58.6 Å². The van der Waals surface area contributed by atoms with Gasteiger partial charge in [0, 0.05) is 39.6 Å². The number of aromatic nitrogens is 2. The van der Waals surface area contributed by atoms with E-state index in [9.17, 15) is 8.42 Å². The molecule has 0 unspecified atom stereocenters. The second-order valence-corrected chi connectivity index (χ2v) is 11.2. The van der Waals surface area contributed by atoms with Crippen LogP contribution < -0.4 is 14.9 Å². The highest BCUT2D eigenvalue weighted by Gasteiger charge is 2.42. The highest BCUT2D eigenvalue weighted by atomic mass is 79.9. The predicted octanol–water partition coefficient (Wildman–Crippen LogP) is 5.18. The quantitative estimate of drug-likeness (QED) is 0.312. The number of hydrogen-bond donors (Lipinski definition) is 2. The summed E-state index contributed by atoms with van der Waals surface area (Å²) in [6.45, 7) is 0. The van der Waals surface area contributed by atoms with Crippen LogP contribution in [0.1, 0.15) is 23.5 Å². The minimum absolute atomic E-state index is 0.193. The summed E-state index contributed by atoms with van der Waals surface area (Å²) in [7, 11) is -3.37. The van der Waals surface area contributed by atoms with Crippen molar-refractivity contribution in [3.63, 3.8) is 0 Å². The molecule has 0 aliphatic carbocycles. The Morgan fingerprint density at radius 1 is 0.971 bits per heavy atom. The summed E-state index contributed by atoms with van der Waals surface area (Å²) < 4.78 is 28.9. The second kappa shape index (κ2) is 9.44. The average molecular weight is 569 g/mol. The molecule has 2 atom stereocenters. The number of anilines is 2. The van der Waals surface area contributed by atoms with Crippen molar-refractivity contribution in [2.75, 3.05) is 15.9 Å². The topological polar surface area (TPSA) is 79.3 Å². The largest absolute Gasteiger partial charge is 0.351 e. The number of benzene rings is 2. The van der Waals surface area contributed by atoms with Crippen LogP contribution in [0.3, 0.4) is 0 Å². The fraction of sp³-hybridized carbons (Fsp3) is 0.120. The summed E-state index contributed by atoms with van der Waals surface area (Å²) in [5, 5.41) is 4.03. The first-order valence-corrected chi connectivity index (χ1v) is 13.9. The highest BCUT2D eigenvalue weighted by molar-refractivity contribution is 9.10. The third kappa shape index (κ3) is 4.95. The van der Waals surface area contributed by atoms with E-state index in [0.29, 0.717) is 10.8 Å². The maximum atomic E-state index is 11.6. The first-order valence-electron chi connectivity index (χ1n) is 10.8. The fourth-order valence-electron chi connectivity index (χ4n) is 4.31. The zero-order valence-corrected chi connectivity index (χ0v) is 21.9. The molecular weight excluding hydrogens is 546 g/mol. The second-order valence-electron chi connectivity index (χ2n) is 8.20. The van der Waals surface area contributed by atoms with Crippen LogP contribution in [0.4, 0.5) is 11.4 Å². The van der Waals surface area contributed by atoms with E-state index in [1.807, 2.05) is 54.7 Å². The molecule has 3 heterocycles. The van der Waals surface area contributed by atoms with Crippen LogP contribution in [-0.2, 0) is 10.0 Å². The molecule has 2 aromatic carbocycles. The Bertz CT molecular complexity index is 1460. The van der Waals surface area contributed by atoms with Gasteiger partial charge in [0.15, 0.2) is 5.11 Å². The van der Waals surface area contributed by atoms with Gasteiger partial charge in [-0.25, -0.2) is 8.42 Å². The maximum absolute atomic E-state index is 11.6. The molecule has 2 aromatic heterocycles. The summed E-state index contributed by atoms with van der Waals surface area (Å²) >= 11 is 9.32. The molecule has 0 spiro atoms. The molecule has 178 valence electrons. The first kappa shape index (κ1) is 23.5. The van der Waals surface area contributed by atoms with E-state index >= 15 is 0 Å². The van der Waals surface area contributed by atoms with Gasteiger partial charge in [-0.3, -0.25) is 9.71 Å². The smallest absolute Gasteiger partial charge is 0.229 e. The Morgan fingerprint density at radius 2 is 1.69 bits per heavy atom. The predicted molar refractivity (Wildman–Crippen MR) is 146 cm³/mol. The molecule has 0 bridgehead atoms. The Hall–Kier alpha value is -3.21. The van der Waals surface area contributed by atoms with Gasteiger partial charge < -0.3 is 14.8 Å². The van der Waals surface area contributed by atoms with Crippen molar-refractivity contribution in [1.82, 2.24) is 14.9 Å². The maximum Gasteiger partial charge on any atom is 0.229 e. The summed E-state index contributed by atoms with van der Waals surface area (Å²) in [4.78, 5) is 6.67. The lowest BCUT2D eigenvalue weighted by Gasteiger charge is -2.29. The summed E-state index contributed by atoms with van der Waals surface area (Å²) in [5.41, 5.74) is 4.27. The van der Waals surface area contributed by atoms with Gasteiger partial charge in [-0.1, -0.05) is 22.0 Å². The van der Waals surface area contributed by atoms with Gasteiger partial charge in [-0.05, 0) is 85.0 Å². The van der Waals surface area contributed by atoms with E-state index in [0.717, 1.165) is 33.5 Å². The third-order valence-corrected chi connectivity index (χ3v) is 7.18. The summed E-state index contributed by atoms with van der Waals surface area (Å²) in [5.74, 6) is 0. The summed E-state index contributed by atoms with van der Waals surface area (Å²) in [6, 6.07) is 24.9. The zero-order valence-electron chi connectivity index (χ0n) is 18.7. The van der Waals surface area contributed by atoms with Gasteiger partial charge in [0.05, 0.1) is 18.0 Å². The van der Waals surface area contributed by atoms with Gasteiger partial charge >= 0.3 is 0 Å². The van der Waals surface area contributed by atoms with E-state index < -0.39 is 10.0 Å². The van der Waals surface area contributed by atoms with Gasteiger partial charge in [0.2, 0.25) is 10.0 Å². The Morgan fingerprint density at radius 3 is 2.34 bits per heavy atom. The number of rotatable bonds is 6. The van der Waals surface area contributed by atoms with Crippen LogP contribution in [0.25, 0.3) is 5.69 Å². The lowest BCUT2D eigenvalue weighted by atomic mass is 10.0. The van der Waals surface area contributed by atoms with Crippen molar-refractivity contribution in [3.8, 4) is 5.69 Å². The van der Waals surface area contributed by atoms with Crippen molar-refractivity contribution >= 4 is 54.7 Å². The van der Waals surface area contributed by atoms with Gasteiger partial charge in [-0.15, -0.1) is 0 Å². The number of hydrogen-bond acceptors (Lipinski definition) is 4. The Kier molecular flexibility index (Phi) is 6.35. The molecular formula is C25H22BrN5O2S2. The van der Waals surface area contributed by atoms with Gasteiger partial charge in [0.25, 0.3) is 0 Å². The number of halogens is 1. The molecule has 0 amide bonds. The molecule has 2 N–H and O–H groups in total. The standard InChI is InChI=1S/C25H22BrN5O2S2/c1-35(32,33)29-18-9-13-20(14-10-18)31-24(23(28-25(31)34)21-5-2-3-15-27-21)22-6-4-16-30(22)19-11-7-17(26)8-12-19/h2-16,23-24,29H,1H3,(H,28,34)/t23-,24+/m0/s1. The minimum atomic E-state index is -3.37. The van der Waals surface area contributed by atoms with E-state index in [1.54, 1.807) is 18.3 Å². The van der Waals surface area contributed by atoms with E-state index in [-0.39, 0.29) is 12.1 Å². The van der Waals surface area contributed by atoms with Crippen molar-refractivity contribution in [2.45, 2.75) is 12.1 Å². The normalized spacial score (nSPS) is 17.9. The summed E-state index contributed by atoms with van der Waals surface area (Å²) in [6.07, 6.45) is 4.94. The van der Waals surface area contributed by atoms with Crippen molar-refractivity contribution in [3.05, 3.63) is 107 Å². The van der Waals surface area contributed by atoms with Crippen LogP contribution in [0.2, 0.25) is 0 Å². The molecule has 5 rings (SSSR count). The van der Waals surface area contributed by atoms with Crippen LogP contribution >= 0.6 is 28.1 Å². The lowest BCUT2D eigenvalue weighted by molar-refractivity contribution is 0.549. The van der Waals surface area contributed by atoms with Crippen molar-refractivity contribution in [2.24, 2.45) is 0 Å². The number of sulfonamides is 1. The molecule has 10 heteroatoms. The number of pyridine rings is 1. The van der Waals surface area contributed by atoms with Crippen LogP contribution in [0.5, 0.6) is 0 Å². The highest BCUT2D eigenvalue weighted by Crippen LogP contribution is 2.42. The van der Waals surface area contributed by atoms with Crippen molar-refractivity contribution in [1.29, 1.82) is 0 Å². The molecule has 4 aromatic rings. The third-order valence-electron chi connectivity index (χ3n) is 5.73. The minimum Gasteiger partial charge on any atom is -0.351 e. The zero-order chi connectivity index (χ0) is 24.6. The molecule has 1 saturated heterocycles. The number of thiocarbonyl (C=S) groups is 1. The monoisotopic (exact) mass is 567 g/mol. The first-order chi connectivity index (χ1) is 16.8. The molecule has 0 saturated carbocycles. The fourth-order valence-corrected chi connectivity index (χ4v) is 5.48. The molecule has 0 radical (unpaired) electrons. The molecule has 1 aliphatic heterocycles. The Balaban J connectivity index is 1.60. The molecule has 35 heavy (non-hydrogen) atoms. The van der Waals surface area contributed by atoms with E-state index in [4.69, 9.17) is 12.2 Å². The number of nitrogens with zero attached hydrogens (tertiary/aromatic N) is 3. The van der Waals surface area contributed by atoms with E-state index in [1.165, 1.54) is 0 Å². The molecule has 7 nitrogen and oxygen atoms in total. The average Bonchev–Trinajstić information content (AvgIpc) is 3.44. The van der Waals surface area contributed by atoms with Crippen molar-refractivity contribution < 1.29 is 8.42 Å². The molecule has 1 aliphatic rings.